The van der Waals surface area contributed by atoms with E-state index in [1.165, 1.54) is 82.8 Å². The molecule has 318 valence electrons. The maximum absolute atomic E-state index is 2.52. The van der Waals surface area contributed by atoms with Gasteiger partial charge in [-0.15, -0.1) is 0 Å². The normalized spacial score (nSPS) is 14.2. The Bertz CT molecular complexity index is 3920. The van der Waals surface area contributed by atoms with Crippen molar-refractivity contribution in [2.45, 2.75) is 5.41 Å². The van der Waals surface area contributed by atoms with E-state index in [2.05, 4.69) is 275 Å². The highest BCUT2D eigenvalue weighted by Gasteiger charge is 2.51. The van der Waals surface area contributed by atoms with E-state index in [1.54, 1.807) is 0 Å². The molecule has 0 amide bonds. The third-order valence-electron chi connectivity index (χ3n) is 14.5. The summed E-state index contributed by atoms with van der Waals surface area (Å²) in [6.45, 7) is 0. The van der Waals surface area contributed by atoms with E-state index in [9.17, 15) is 0 Å². The molecule has 2 heterocycles. The average molecular weight is 866 g/mol. The molecule has 1 aromatic heterocycles. The minimum Gasteiger partial charge on any atom is -0.310 e. The van der Waals surface area contributed by atoms with Crippen molar-refractivity contribution in [3.8, 4) is 27.9 Å². The topological polar surface area (TPSA) is 11.4 Å². The molecule has 1 aliphatic heterocycles. The molecule has 3 nitrogen and oxygen atoms in total. The number of para-hydroxylation sites is 5. The van der Waals surface area contributed by atoms with E-state index >= 15 is 0 Å². The van der Waals surface area contributed by atoms with Gasteiger partial charge in [0.05, 0.1) is 27.8 Å². The summed E-state index contributed by atoms with van der Waals surface area (Å²) < 4.78 is 2.52. The lowest BCUT2D eigenvalue weighted by Crippen LogP contribution is -2.33. The van der Waals surface area contributed by atoms with Crippen molar-refractivity contribution in [1.82, 2.24) is 4.57 Å². The smallest absolute Gasteiger partial charge is 0.0754 e. The van der Waals surface area contributed by atoms with Gasteiger partial charge >= 0.3 is 0 Å². The quantitative estimate of drug-likeness (QED) is 0.158. The number of benzene rings is 11. The van der Waals surface area contributed by atoms with Gasteiger partial charge in [-0.3, -0.25) is 0 Å². The molecule has 0 saturated carbocycles. The molecule has 1 unspecified atom stereocenters. The molecule has 0 saturated heterocycles. The van der Waals surface area contributed by atoms with Crippen LogP contribution >= 0.6 is 0 Å². The molecule has 1 aliphatic carbocycles. The molecular weight excluding hydrogens is 823 g/mol. The highest BCUT2D eigenvalue weighted by molar-refractivity contribution is 6.13. The molecule has 0 radical (unpaired) electrons. The van der Waals surface area contributed by atoms with Crippen LogP contribution in [0.3, 0.4) is 0 Å². The van der Waals surface area contributed by atoms with Crippen LogP contribution in [0.25, 0.3) is 60.5 Å². The van der Waals surface area contributed by atoms with Crippen molar-refractivity contribution in [2.24, 2.45) is 0 Å². The molecule has 68 heavy (non-hydrogen) atoms. The van der Waals surface area contributed by atoms with Gasteiger partial charge < -0.3 is 14.4 Å². The SMILES string of the molecule is c1ccc(-c2cccc(N(c3ccccc3)c3ccc4c(c3)-c3cc(N(c5ccccc5)c5cccc6ccccc56)ccc3C43c4ccccc4-n4c5ccccc5c5cccc3c54)c2)cc1. The first-order chi connectivity index (χ1) is 33.8. The fourth-order valence-corrected chi connectivity index (χ4v) is 11.8. The Labute approximate surface area is 395 Å². The Kier molecular flexibility index (Phi) is 8.50. The number of hydrogen-bond donors (Lipinski definition) is 0. The second-order valence-corrected chi connectivity index (χ2v) is 18.0. The summed E-state index contributed by atoms with van der Waals surface area (Å²) in [5.41, 5.74) is 19.7. The molecule has 1 spiro atoms. The summed E-state index contributed by atoms with van der Waals surface area (Å²) in [7, 11) is 0. The molecule has 0 fully saturated rings. The standard InChI is InChI=1S/C65H43N3/c1-4-19-44(20-5-1)46-23-16-28-49(41-46)66(47-24-6-2-7-25-47)50-37-39-57-55(42-50)56-43-51(67(48-26-8-3-9-27-48)61-36-17-22-45-21-10-11-29-52(45)61)38-40-58(56)65(57)59-32-13-15-35-63(59)68-62-34-14-12-30-53(62)54-31-18-33-60(65)64(54)68/h1-43H. The molecule has 12 aromatic rings. The van der Waals surface area contributed by atoms with Gasteiger partial charge in [0.1, 0.15) is 0 Å². The highest BCUT2D eigenvalue weighted by Crippen LogP contribution is 2.62. The Hall–Kier alpha value is -8.92. The third kappa shape index (κ3) is 5.54. The number of hydrogen-bond acceptors (Lipinski definition) is 2. The summed E-state index contributed by atoms with van der Waals surface area (Å²) in [6.07, 6.45) is 0. The Morgan fingerprint density at radius 3 is 1.59 bits per heavy atom. The van der Waals surface area contributed by atoms with E-state index in [0.717, 1.165) is 34.1 Å². The van der Waals surface area contributed by atoms with Gasteiger partial charge in [0.2, 0.25) is 0 Å². The lowest BCUT2D eigenvalue weighted by Gasteiger charge is -2.39. The summed E-state index contributed by atoms with van der Waals surface area (Å²) in [6, 6.07) is 96.2. The second kappa shape index (κ2) is 15.1. The lowest BCUT2D eigenvalue weighted by molar-refractivity contribution is 0.748. The predicted octanol–water partition coefficient (Wildman–Crippen LogP) is 17.2. The Morgan fingerprint density at radius 1 is 0.309 bits per heavy atom. The highest BCUT2D eigenvalue weighted by atomic mass is 15.1. The zero-order valence-corrected chi connectivity index (χ0v) is 37.2. The van der Waals surface area contributed by atoms with Crippen molar-refractivity contribution in [3.05, 3.63) is 283 Å². The van der Waals surface area contributed by atoms with Crippen LogP contribution < -0.4 is 9.80 Å². The zero-order chi connectivity index (χ0) is 44.8. The minimum absolute atomic E-state index is 0.607. The predicted molar refractivity (Wildman–Crippen MR) is 284 cm³/mol. The number of aromatic nitrogens is 1. The van der Waals surface area contributed by atoms with E-state index in [-0.39, 0.29) is 0 Å². The van der Waals surface area contributed by atoms with Gasteiger partial charge in [-0.1, -0.05) is 182 Å². The molecular formula is C65H43N3. The van der Waals surface area contributed by atoms with Crippen LogP contribution in [0.5, 0.6) is 0 Å². The van der Waals surface area contributed by atoms with Gasteiger partial charge in [-0.05, 0) is 129 Å². The van der Waals surface area contributed by atoms with Crippen LogP contribution in [0.4, 0.5) is 34.1 Å². The van der Waals surface area contributed by atoms with Crippen LogP contribution in [-0.2, 0) is 5.41 Å². The van der Waals surface area contributed by atoms with Crippen LogP contribution in [0.2, 0.25) is 0 Å². The van der Waals surface area contributed by atoms with Crippen molar-refractivity contribution in [2.75, 3.05) is 9.80 Å². The summed E-state index contributed by atoms with van der Waals surface area (Å²) in [5.74, 6) is 0. The molecule has 1 atom stereocenters. The van der Waals surface area contributed by atoms with Gasteiger partial charge in [-0.25, -0.2) is 0 Å². The van der Waals surface area contributed by atoms with Crippen molar-refractivity contribution in [3.63, 3.8) is 0 Å². The first kappa shape index (κ1) is 38.4. The first-order valence-electron chi connectivity index (χ1n) is 23.5. The molecule has 0 N–H and O–H groups in total. The van der Waals surface area contributed by atoms with E-state index in [0.29, 0.717) is 0 Å². The molecule has 0 bridgehead atoms. The molecule has 3 heteroatoms. The van der Waals surface area contributed by atoms with Gasteiger partial charge in [0.25, 0.3) is 0 Å². The largest absolute Gasteiger partial charge is 0.310 e. The van der Waals surface area contributed by atoms with Crippen molar-refractivity contribution >= 4 is 66.7 Å². The number of nitrogens with zero attached hydrogens (tertiary/aromatic N) is 3. The van der Waals surface area contributed by atoms with E-state index in [4.69, 9.17) is 0 Å². The fourth-order valence-electron chi connectivity index (χ4n) is 11.8. The van der Waals surface area contributed by atoms with Crippen molar-refractivity contribution in [1.29, 1.82) is 0 Å². The van der Waals surface area contributed by atoms with Gasteiger partial charge in [-0.2, -0.15) is 0 Å². The summed E-state index contributed by atoms with van der Waals surface area (Å²) in [5, 5.41) is 4.95. The van der Waals surface area contributed by atoms with E-state index < -0.39 is 5.41 Å². The van der Waals surface area contributed by atoms with Crippen LogP contribution in [-0.4, -0.2) is 4.57 Å². The second-order valence-electron chi connectivity index (χ2n) is 18.0. The lowest BCUT2D eigenvalue weighted by atomic mass is 9.65. The maximum Gasteiger partial charge on any atom is 0.0754 e. The van der Waals surface area contributed by atoms with Crippen LogP contribution in [0.15, 0.2) is 261 Å². The van der Waals surface area contributed by atoms with Crippen molar-refractivity contribution < 1.29 is 0 Å². The average Bonchev–Trinajstić information content (AvgIpc) is 3.90. The number of rotatable bonds is 7. The summed E-state index contributed by atoms with van der Waals surface area (Å²) in [4.78, 5) is 4.86. The van der Waals surface area contributed by atoms with Gasteiger partial charge in [0.15, 0.2) is 0 Å². The first-order valence-corrected chi connectivity index (χ1v) is 23.5. The Morgan fingerprint density at radius 2 is 0.824 bits per heavy atom. The Balaban J connectivity index is 1.07. The molecule has 14 rings (SSSR count). The maximum atomic E-state index is 2.52. The molecule has 2 aliphatic rings. The summed E-state index contributed by atoms with van der Waals surface area (Å²) >= 11 is 0. The minimum atomic E-state index is -0.607. The van der Waals surface area contributed by atoms with Crippen LogP contribution in [0, 0.1) is 0 Å². The fraction of sp³-hybridized carbons (Fsp3) is 0.0154. The van der Waals surface area contributed by atoms with Crippen LogP contribution in [0.1, 0.15) is 22.3 Å². The zero-order valence-electron chi connectivity index (χ0n) is 37.2. The number of anilines is 6. The third-order valence-corrected chi connectivity index (χ3v) is 14.5. The monoisotopic (exact) mass is 865 g/mol. The molecule has 11 aromatic carbocycles. The van der Waals surface area contributed by atoms with Gasteiger partial charge in [0, 0.05) is 44.6 Å². The number of fused-ring (bicyclic) bond motifs is 13. The van der Waals surface area contributed by atoms with E-state index in [1.807, 2.05) is 0 Å².